The third-order valence-corrected chi connectivity index (χ3v) is 5.69. The van der Waals surface area contributed by atoms with Gasteiger partial charge in [0.2, 0.25) is 0 Å². The maximum Gasteiger partial charge on any atom is 0.161 e. The van der Waals surface area contributed by atoms with Crippen LogP contribution in [0.4, 0.5) is 0 Å². The van der Waals surface area contributed by atoms with Crippen LogP contribution in [0.2, 0.25) is 5.15 Å². The van der Waals surface area contributed by atoms with Gasteiger partial charge < -0.3 is 0 Å². The number of carbonyl (C=O) groups excluding carboxylic acids is 1. The minimum absolute atomic E-state index is 0.125. The van der Waals surface area contributed by atoms with Crippen LogP contribution in [0.15, 0.2) is 24.5 Å². The Balaban J connectivity index is 1.80. The molecule has 1 saturated carbocycles. The summed E-state index contributed by atoms with van der Waals surface area (Å²) < 4.78 is 0. The zero-order chi connectivity index (χ0) is 16.0. The van der Waals surface area contributed by atoms with E-state index in [9.17, 15) is 4.79 Å². The first kappa shape index (κ1) is 14.8. The van der Waals surface area contributed by atoms with Crippen molar-refractivity contribution < 1.29 is 4.79 Å². The van der Waals surface area contributed by atoms with E-state index in [1.165, 1.54) is 0 Å². The van der Waals surface area contributed by atoms with Crippen molar-refractivity contribution in [2.24, 2.45) is 11.8 Å². The van der Waals surface area contributed by atoms with Gasteiger partial charge in [-0.1, -0.05) is 18.5 Å². The van der Waals surface area contributed by atoms with Crippen LogP contribution in [0, 0.1) is 11.8 Å². The summed E-state index contributed by atoms with van der Waals surface area (Å²) in [6, 6.07) is 3.79. The van der Waals surface area contributed by atoms with E-state index < -0.39 is 0 Å². The van der Waals surface area contributed by atoms with Crippen LogP contribution in [0.5, 0.6) is 0 Å². The summed E-state index contributed by atoms with van der Waals surface area (Å²) in [5.74, 6) is 1.89. The summed E-state index contributed by atoms with van der Waals surface area (Å²) in [6.07, 6.45) is 6.86. The Hall–Kier alpha value is -1.81. The van der Waals surface area contributed by atoms with Gasteiger partial charge in [0.25, 0.3) is 0 Å². The predicted molar refractivity (Wildman–Crippen MR) is 88.2 cm³/mol. The first-order valence-corrected chi connectivity index (χ1v) is 8.52. The summed E-state index contributed by atoms with van der Waals surface area (Å²) in [4.78, 5) is 25.4. The van der Waals surface area contributed by atoms with Crippen LogP contribution >= 0.6 is 11.6 Å². The largest absolute Gasteiger partial charge is 0.299 e. The van der Waals surface area contributed by atoms with Crippen LogP contribution in [-0.4, -0.2) is 20.7 Å². The third-order valence-electron chi connectivity index (χ3n) is 5.37. The van der Waals surface area contributed by atoms with E-state index >= 15 is 0 Å². The summed E-state index contributed by atoms with van der Waals surface area (Å²) in [5.41, 5.74) is 3.06. The van der Waals surface area contributed by atoms with Crippen molar-refractivity contribution in [1.29, 1.82) is 0 Å². The van der Waals surface area contributed by atoms with Gasteiger partial charge in [-0.3, -0.25) is 9.78 Å². The topological polar surface area (TPSA) is 55.7 Å². The maximum atomic E-state index is 12.1. The van der Waals surface area contributed by atoms with Gasteiger partial charge in [-0.15, -0.1) is 0 Å². The molecule has 2 aliphatic rings. The highest BCUT2D eigenvalue weighted by molar-refractivity contribution is 6.30. The zero-order valence-electron chi connectivity index (χ0n) is 13.0. The van der Waals surface area contributed by atoms with E-state index in [4.69, 9.17) is 16.6 Å². The number of ketones is 1. The fraction of sp³-hybridized carbons (Fsp3) is 0.444. The number of fused-ring (bicyclic) bond motifs is 3. The molecular formula is C18H18ClN3O. The van der Waals surface area contributed by atoms with Crippen molar-refractivity contribution in [2.75, 3.05) is 0 Å². The highest BCUT2D eigenvalue weighted by Gasteiger charge is 2.41. The summed E-state index contributed by atoms with van der Waals surface area (Å²) in [7, 11) is 0. The lowest BCUT2D eigenvalue weighted by Crippen LogP contribution is -2.36. The molecule has 0 aromatic carbocycles. The standard InChI is InChI=1S/C18H18ClN3O/c1-10-12-2-3-14-16(13(12)4-5-15(10)23)21-18(22-17(14)19)11-6-8-20-9-7-11/h6-10,12-13H,2-5H2,1H3. The summed E-state index contributed by atoms with van der Waals surface area (Å²) in [5, 5.41) is 0.560. The Labute approximate surface area is 140 Å². The van der Waals surface area contributed by atoms with Crippen LogP contribution in [0.3, 0.4) is 0 Å². The van der Waals surface area contributed by atoms with Crippen molar-refractivity contribution in [3.05, 3.63) is 40.9 Å². The second-order valence-corrected chi connectivity index (χ2v) is 6.90. The van der Waals surface area contributed by atoms with Crippen LogP contribution in [0.25, 0.3) is 11.4 Å². The zero-order valence-corrected chi connectivity index (χ0v) is 13.8. The number of aromatic nitrogens is 3. The quantitative estimate of drug-likeness (QED) is 0.747. The second-order valence-electron chi connectivity index (χ2n) is 6.54. The molecule has 1 fully saturated rings. The number of pyridine rings is 1. The SMILES string of the molecule is CC1C(=O)CCC2c3nc(-c4ccncc4)nc(Cl)c3CCC12. The van der Waals surface area contributed by atoms with Gasteiger partial charge in [0.05, 0.1) is 5.69 Å². The Morgan fingerprint density at radius 1 is 1.13 bits per heavy atom. The number of rotatable bonds is 1. The van der Waals surface area contributed by atoms with Gasteiger partial charge in [0.15, 0.2) is 5.82 Å². The molecule has 23 heavy (non-hydrogen) atoms. The molecule has 0 aliphatic heterocycles. The molecule has 2 aliphatic carbocycles. The van der Waals surface area contributed by atoms with E-state index in [2.05, 4.69) is 16.9 Å². The summed E-state index contributed by atoms with van der Waals surface area (Å²) in [6.45, 7) is 2.07. The molecule has 0 radical (unpaired) electrons. The predicted octanol–water partition coefficient (Wildman–Crippen LogP) is 3.84. The van der Waals surface area contributed by atoms with Crippen molar-refractivity contribution in [3.8, 4) is 11.4 Å². The lowest BCUT2D eigenvalue weighted by atomic mass is 9.65. The van der Waals surface area contributed by atoms with Gasteiger partial charge in [-0.25, -0.2) is 9.97 Å². The molecular weight excluding hydrogens is 310 g/mol. The summed E-state index contributed by atoms with van der Waals surface area (Å²) >= 11 is 6.46. The molecule has 5 heteroatoms. The fourth-order valence-electron chi connectivity index (χ4n) is 4.07. The first-order valence-electron chi connectivity index (χ1n) is 8.14. The third kappa shape index (κ3) is 2.45. The highest BCUT2D eigenvalue weighted by Crippen LogP contribution is 2.47. The minimum Gasteiger partial charge on any atom is -0.299 e. The molecule has 0 saturated heterocycles. The first-order chi connectivity index (χ1) is 11.1. The van der Waals surface area contributed by atoms with E-state index in [0.717, 1.165) is 36.1 Å². The molecule has 2 heterocycles. The normalized spacial score (nSPS) is 26.5. The molecule has 118 valence electrons. The number of hydrogen-bond donors (Lipinski definition) is 0. The molecule has 0 N–H and O–H groups in total. The average Bonchev–Trinajstić information content (AvgIpc) is 2.58. The van der Waals surface area contributed by atoms with Crippen LogP contribution < -0.4 is 0 Å². The molecule has 4 rings (SSSR count). The molecule has 0 bridgehead atoms. The molecule has 2 aromatic heterocycles. The molecule has 0 amide bonds. The monoisotopic (exact) mass is 327 g/mol. The van der Waals surface area contributed by atoms with Gasteiger partial charge in [-0.05, 0) is 37.3 Å². The van der Waals surface area contributed by atoms with Crippen molar-refractivity contribution in [2.45, 2.75) is 38.5 Å². The Morgan fingerprint density at radius 2 is 1.91 bits per heavy atom. The van der Waals surface area contributed by atoms with E-state index in [1.54, 1.807) is 12.4 Å². The minimum atomic E-state index is 0.125. The lowest BCUT2D eigenvalue weighted by Gasteiger charge is -2.39. The van der Waals surface area contributed by atoms with Gasteiger partial charge in [0.1, 0.15) is 10.9 Å². The Bertz CT molecular complexity index is 762. The maximum absolute atomic E-state index is 12.1. The smallest absolute Gasteiger partial charge is 0.161 e. The number of carbonyl (C=O) groups is 1. The van der Waals surface area contributed by atoms with Gasteiger partial charge >= 0.3 is 0 Å². The number of halogens is 1. The van der Waals surface area contributed by atoms with Crippen molar-refractivity contribution >= 4 is 17.4 Å². The highest BCUT2D eigenvalue weighted by atomic mass is 35.5. The fourth-order valence-corrected chi connectivity index (χ4v) is 4.34. The van der Waals surface area contributed by atoms with Gasteiger partial charge in [-0.2, -0.15) is 0 Å². The van der Waals surface area contributed by atoms with E-state index in [1.807, 2.05) is 12.1 Å². The van der Waals surface area contributed by atoms with E-state index in [-0.39, 0.29) is 5.92 Å². The second kappa shape index (κ2) is 5.68. The number of nitrogens with zero attached hydrogens (tertiary/aromatic N) is 3. The molecule has 3 unspecified atom stereocenters. The number of hydrogen-bond acceptors (Lipinski definition) is 4. The van der Waals surface area contributed by atoms with Crippen molar-refractivity contribution in [1.82, 2.24) is 15.0 Å². The van der Waals surface area contributed by atoms with Gasteiger partial charge in [0, 0.05) is 41.8 Å². The molecule has 4 nitrogen and oxygen atoms in total. The van der Waals surface area contributed by atoms with Crippen LogP contribution in [-0.2, 0) is 11.2 Å². The van der Waals surface area contributed by atoms with E-state index in [0.29, 0.717) is 35.0 Å². The molecule has 3 atom stereocenters. The number of Topliss-reactive ketones (excluding diaryl/α,β-unsaturated/α-hetero) is 1. The van der Waals surface area contributed by atoms with Crippen LogP contribution in [0.1, 0.15) is 43.4 Å². The molecule has 2 aromatic rings. The molecule has 0 spiro atoms. The van der Waals surface area contributed by atoms with Crippen molar-refractivity contribution in [3.63, 3.8) is 0 Å². The Kier molecular flexibility index (Phi) is 3.64. The average molecular weight is 328 g/mol. The lowest BCUT2D eigenvalue weighted by molar-refractivity contribution is -0.126. The Morgan fingerprint density at radius 3 is 2.70 bits per heavy atom.